The van der Waals surface area contributed by atoms with Crippen LogP contribution < -0.4 is 26.0 Å². The molecule has 1 aliphatic rings. The topological polar surface area (TPSA) is 91.6 Å². The number of benzene rings is 3. The number of para-hydroxylation sites is 1. The van der Waals surface area contributed by atoms with Crippen molar-refractivity contribution in [1.29, 1.82) is 0 Å². The van der Waals surface area contributed by atoms with Crippen LogP contribution in [0.15, 0.2) is 82.4 Å². The SMILES string of the molecule is O=C(Cn1c(=O)n(CCc2ccccc2)c(=O)c2ccccc21)Nc1ccc2c(c1)OCO2. The molecule has 166 valence electrons. The van der Waals surface area contributed by atoms with Crippen molar-refractivity contribution in [2.24, 2.45) is 0 Å². The first-order chi connectivity index (χ1) is 16.1. The minimum absolute atomic E-state index is 0.138. The molecule has 0 saturated carbocycles. The largest absolute Gasteiger partial charge is 0.454 e. The predicted octanol–water partition coefficient (Wildman–Crippen LogP) is 2.77. The Labute approximate surface area is 188 Å². The molecule has 0 atom stereocenters. The van der Waals surface area contributed by atoms with E-state index in [2.05, 4.69) is 5.32 Å². The molecule has 0 unspecified atom stereocenters. The molecule has 1 aromatic heterocycles. The van der Waals surface area contributed by atoms with Crippen LogP contribution in [0.25, 0.3) is 10.9 Å². The monoisotopic (exact) mass is 443 g/mol. The van der Waals surface area contributed by atoms with Gasteiger partial charge in [0.15, 0.2) is 11.5 Å². The number of nitrogens with zero attached hydrogens (tertiary/aromatic N) is 2. The second-order valence-electron chi connectivity index (χ2n) is 7.69. The van der Waals surface area contributed by atoms with E-state index >= 15 is 0 Å². The van der Waals surface area contributed by atoms with Gasteiger partial charge in [-0.25, -0.2) is 4.79 Å². The van der Waals surface area contributed by atoms with E-state index in [1.54, 1.807) is 42.5 Å². The summed E-state index contributed by atoms with van der Waals surface area (Å²) in [6.07, 6.45) is 0.526. The highest BCUT2D eigenvalue weighted by molar-refractivity contribution is 5.92. The summed E-state index contributed by atoms with van der Waals surface area (Å²) in [5, 5.41) is 3.17. The van der Waals surface area contributed by atoms with E-state index in [1.165, 1.54) is 9.13 Å². The molecule has 4 aromatic rings. The molecule has 5 rings (SSSR count). The Hall–Kier alpha value is -4.33. The summed E-state index contributed by atoms with van der Waals surface area (Å²) in [6, 6.07) is 21.5. The van der Waals surface area contributed by atoms with E-state index in [0.717, 1.165) is 5.56 Å². The van der Waals surface area contributed by atoms with Crippen molar-refractivity contribution in [2.75, 3.05) is 12.1 Å². The van der Waals surface area contributed by atoms with Crippen molar-refractivity contribution in [2.45, 2.75) is 19.5 Å². The standard InChI is InChI=1S/C25H21N3O5/c29-23(26-18-10-11-21-22(14-18)33-16-32-21)15-28-20-9-5-4-8-19(20)24(30)27(25(28)31)13-12-17-6-2-1-3-7-17/h1-11,14H,12-13,15-16H2,(H,26,29). The molecule has 1 aliphatic heterocycles. The molecule has 8 nitrogen and oxygen atoms in total. The third-order valence-electron chi connectivity index (χ3n) is 5.56. The van der Waals surface area contributed by atoms with E-state index in [1.807, 2.05) is 30.3 Å². The molecular weight excluding hydrogens is 422 g/mol. The molecule has 0 fully saturated rings. The third-order valence-corrected chi connectivity index (χ3v) is 5.56. The number of hydrogen-bond acceptors (Lipinski definition) is 5. The summed E-state index contributed by atoms with van der Waals surface area (Å²) in [6.45, 7) is 0.119. The number of amides is 1. The lowest BCUT2D eigenvalue weighted by molar-refractivity contribution is -0.116. The van der Waals surface area contributed by atoms with Crippen LogP contribution in [0.4, 0.5) is 5.69 Å². The number of anilines is 1. The fourth-order valence-corrected chi connectivity index (χ4v) is 3.92. The van der Waals surface area contributed by atoms with Gasteiger partial charge in [0.25, 0.3) is 5.56 Å². The molecule has 0 aliphatic carbocycles. The van der Waals surface area contributed by atoms with Crippen LogP contribution in [0.3, 0.4) is 0 Å². The molecule has 0 spiro atoms. The zero-order valence-electron chi connectivity index (χ0n) is 17.7. The fourth-order valence-electron chi connectivity index (χ4n) is 3.92. The van der Waals surface area contributed by atoms with Crippen LogP contribution in [0, 0.1) is 0 Å². The average molecular weight is 443 g/mol. The van der Waals surface area contributed by atoms with E-state index in [-0.39, 0.29) is 25.4 Å². The lowest BCUT2D eigenvalue weighted by Gasteiger charge is -2.14. The highest BCUT2D eigenvalue weighted by Crippen LogP contribution is 2.34. The minimum Gasteiger partial charge on any atom is -0.454 e. The predicted molar refractivity (Wildman–Crippen MR) is 124 cm³/mol. The van der Waals surface area contributed by atoms with Crippen molar-refractivity contribution >= 4 is 22.5 Å². The molecule has 8 heteroatoms. The summed E-state index contributed by atoms with van der Waals surface area (Å²) in [7, 11) is 0. The van der Waals surface area contributed by atoms with Gasteiger partial charge in [-0.15, -0.1) is 0 Å². The Morgan fingerprint density at radius 1 is 0.879 bits per heavy atom. The van der Waals surface area contributed by atoms with Gasteiger partial charge in [-0.1, -0.05) is 42.5 Å². The van der Waals surface area contributed by atoms with Gasteiger partial charge in [0.1, 0.15) is 6.54 Å². The smallest absolute Gasteiger partial charge is 0.331 e. The minimum atomic E-state index is -0.518. The van der Waals surface area contributed by atoms with Gasteiger partial charge < -0.3 is 14.8 Å². The second-order valence-corrected chi connectivity index (χ2v) is 7.69. The van der Waals surface area contributed by atoms with Gasteiger partial charge in [-0.05, 0) is 36.2 Å². The van der Waals surface area contributed by atoms with Crippen LogP contribution in [-0.4, -0.2) is 21.8 Å². The van der Waals surface area contributed by atoms with Crippen LogP contribution in [0.1, 0.15) is 5.56 Å². The van der Waals surface area contributed by atoms with E-state index in [9.17, 15) is 14.4 Å². The Morgan fingerprint density at radius 3 is 2.48 bits per heavy atom. The Morgan fingerprint density at radius 2 is 1.64 bits per heavy atom. The number of carbonyl (C=O) groups is 1. The molecule has 0 radical (unpaired) electrons. The van der Waals surface area contributed by atoms with E-state index in [0.29, 0.717) is 34.5 Å². The van der Waals surface area contributed by atoms with Crippen molar-refractivity contribution in [3.8, 4) is 11.5 Å². The summed E-state index contributed by atoms with van der Waals surface area (Å²) >= 11 is 0. The maximum Gasteiger partial charge on any atom is 0.331 e. The molecule has 1 amide bonds. The maximum absolute atomic E-state index is 13.3. The first-order valence-electron chi connectivity index (χ1n) is 10.6. The number of carbonyl (C=O) groups excluding carboxylic acids is 1. The third kappa shape index (κ3) is 4.10. The summed E-state index contributed by atoms with van der Waals surface area (Å²) < 4.78 is 13.2. The highest BCUT2D eigenvalue weighted by atomic mass is 16.7. The van der Waals surface area contributed by atoms with E-state index < -0.39 is 11.6 Å². The van der Waals surface area contributed by atoms with Gasteiger partial charge in [0.2, 0.25) is 12.7 Å². The lowest BCUT2D eigenvalue weighted by Crippen LogP contribution is -2.42. The van der Waals surface area contributed by atoms with Crippen LogP contribution in [-0.2, 0) is 24.3 Å². The first kappa shape index (κ1) is 20.6. The number of ether oxygens (including phenoxy) is 2. The van der Waals surface area contributed by atoms with Crippen LogP contribution >= 0.6 is 0 Å². The molecule has 33 heavy (non-hydrogen) atoms. The summed E-state index contributed by atoms with van der Waals surface area (Å²) in [5.41, 5.74) is 1.08. The molecule has 0 saturated heterocycles. The summed E-state index contributed by atoms with van der Waals surface area (Å²) in [4.78, 5) is 39.1. The van der Waals surface area contributed by atoms with Gasteiger partial charge in [-0.3, -0.25) is 18.7 Å². The highest BCUT2D eigenvalue weighted by Gasteiger charge is 2.17. The molecule has 0 bridgehead atoms. The van der Waals surface area contributed by atoms with Crippen molar-refractivity contribution in [1.82, 2.24) is 9.13 Å². The van der Waals surface area contributed by atoms with Gasteiger partial charge in [0, 0.05) is 18.3 Å². The zero-order chi connectivity index (χ0) is 22.8. The van der Waals surface area contributed by atoms with Gasteiger partial charge in [-0.2, -0.15) is 0 Å². The summed E-state index contributed by atoms with van der Waals surface area (Å²) in [5.74, 6) is 0.764. The van der Waals surface area contributed by atoms with Crippen LogP contribution in [0.2, 0.25) is 0 Å². The number of nitrogens with one attached hydrogen (secondary N) is 1. The Balaban J connectivity index is 1.46. The molecule has 1 N–H and O–H groups in total. The van der Waals surface area contributed by atoms with Crippen molar-refractivity contribution < 1.29 is 14.3 Å². The second kappa shape index (κ2) is 8.66. The maximum atomic E-state index is 13.3. The van der Waals surface area contributed by atoms with Gasteiger partial charge in [0.05, 0.1) is 10.9 Å². The van der Waals surface area contributed by atoms with Crippen molar-refractivity contribution in [3.05, 3.63) is 99.2 Å². The number of fused-ring (bicyclic) bond motifs is 2. The number of aromatic nitrogens is 2. The first-order valence-corrected chi connectivity index (χ1v) is 10.6. The lowest BCUT2D eigenvalue weighted by atomic mass is 10.1. The molecule has 2 heterocycles. The average Bonchev–Trinajstić information content (AvgIpc) is 3.30. The van der Waals surface area contributed by atoms with Crippen LogP contribution in [0.5, 0.6) is 11.5 Å². The van der Waals surface area contributed by atoms with Gasteiger partial charge >= 0.3 is 5.69 Å². The Bertz CT molecular complexity index is 1460. The fraction of sp³-hybridized carbons (Fsp3) is 0.160. The number of rotatable bonds is 6. The zero-order valence-corrected chi connectivity index (χ0v) is 17.7. The van der Waals surface area contributed by atoms with Crippen molar-refractivity contribution in [3.63, 3.8) is 0 Å². The quantitative estimate of drug-likeness (QED) is 0.495. The normalized spacial score (nSPS) is 12.1. The molecule has 3 aromatic carbocycles. The molecular formula is C25H21N3O5. The number of aryl methyl sites for hydroxylation is 1. The van der Waals surface area contributed by atoms with E-state index in [4.69, 9.17) is 9.47 Å². The number of hydrogen-bond donors (Lipinski definition) is 1. The Kier molecular flexibility index (Phi) is 5.40.